The topological polar surface area (TPSA) is 72.5 Å². The van der Waals surface area contributed by atoms with Crippen molar-refractivity contribution in [3.8, 4) is 5.69 Å². The van der Waals surface area contributed by atoms with Crippen molar-refractivity contribution in [1.82, 2.24) is 24.1 Å². The number of amides is 1. The first-order valence-corrected chi connectivity index (χ1v) is 10.3. The van der Waals surface area contributed by atoms with E-state index in [-0.39, 0.29) is 16.7 Å². The van der Waals surface area contributed by atoms with E-state index in [1.807, 2.05) is 66.9 Å². The maximum Gasteiger partial charge on any atom is 0.267 e. The number of benzene rings is 2. The zero-order chi connectivity index (χ0) is 20.1. The van der Waals surface area contributed by atoms with Crippen molar-refractivity contribution < 1.29 is 4.79 Å². The molecule has 0 N–H and O–H groups in total. The molecule has 0 aliphatic carbocycles. The highest BCUT2D eigenvalue weighted by molar-refractivity contribution is 8.00. The average Bonchev–Trinajstić information content (AvgIpc) is 3.28. The van der Waals surface area contributed by atoms with E-state index in [9.17, 15) is 9.59 Å². The molecule has 3 heterocycles. The fourth-order valence-corrected chi connectivity index (χ4v) is 4.84. The smallest absolute Gasteiger partial charge is 0.267 e. The molecule has 0 radical (unpaired) electrons. The summed E-state index contributed by atoms with van der Waals surface area (Å²) >= 11 is 1.41. The lowest BCUT2D eigenvalue weighted by Gasteiger charge is -2.12. The van der Waals surface area contributed by atoms with Crippen LogP contribution >= 0.6 is 11.8 Å². The van der Waals surface area contributed by atoms with Crippen molar-refractivity contribution in [1.29, 1.82) is 0 Å². The predicted molar refractivity (Wildman–Crippen MR) is 113 cm³/mol. The third kappa shape index (κ3) is 2.82. The summed E-state index contributed by atoms with van der Waals surface area (Å²) in [5.74, 6) is 0.543. The number of likely N-dealkylation sites (tertiary alicyclic amines) is 1. The number of aromatic nitrogens is 4. The molecule has 2 aromatic carbocycles. The number of thioether (sulfide) groups is 1. The fourth-order valence-electron chi connectivity index (χ4n) is 3.71. The summed E-state index contributed by atoms with van der Waals surface area (Å²) in [7, 11) is 1.81. The molecule has 5 rings (SSSR count). The van der Waals surface area contributed by atoms with Crippen molar-refractivity contribution in [2.75, 3.05) is 13.6 Å². The van der Waals surface area contributed by atoms with Crippen LogP contribution in [0.4, 0.5) is 0 Å². The molecule has 1 aliphatic heterocycles. The van der Waals surface area contributed by atoms with Gasteiger partial charge in [0.05, 0.1) is 21.8 Å². The third-order valence-electron chi connectivity index (χ3n) is 5.31. The Bertz CT molecular complexity index is 1310. The molecule has 1 unspecified atom stereocenters. The Balaban J connectivity index is 1.77. The summed E-state index contributed by atoms with van der Waals surface area (Å²) < 4.78 is 3.47. The molecule has 8 heteroatoms. The Hall–Kier alpha value is -3.13. The van der Waals surface area contributed by atoms with Gasteiger partial charge in [0.15, 0.2) is 5.16 Å². The first kappa shape index (κ1) is 17.9. The van der Waals surface area contributed by atoms with Crippen molar-refractivity contribution in [2.45, 2.75) is 23.8 Å². The monoisotopic (exact) mass is 405 g/mol. The minimum atomic E-state index is -0.189. The van der Waals surface area contributed by atoms with Crippen molar-refractivity contribution in [3.63, 3.8) is 0 Å². The van der Waals surface area contributed by atoms with E-state index in [1.54, 1.807) is 9.47 Å². The van der Waals surface area contributed by atoms with Gasteiger partial charge in [-0.05, 0) is 37.6 Å². The summed E-state index contributed by atoms with van der Waals surface area (Å²) in [5.41, 5.74) is 2.44. The van der Waals surface area contributed by atoms with Gasteiger partial charge in [0.25, 0.3) is 5.56 Å². The molecule has 7 nitrogen and oxygen atoms in total. The van der Waals surface area contributed by atoms with Crippen molar-refractivity contribution in [2.24, 2.45) is 0 Å². The van der Waals surface area contributed by atoms with Gasteiger partial charge in [0.2, 0.25) is 11.7 Å². The van der Waals surface area contributed by atoms with Gasteiger partial charge in [-0.15, -0.1) is 10.2 Å². The summed E-state index contributed by atoms with van der Waals surface area (Å²) in [6.07, 6.45) is 0.768. The highest BCUT2D eigenvalue weighted by Crippen LogP contribution is 2.31. The first-order valence-electron chi connectivity index (χ1n) is 9.42. The molecular formula is C21H19N5O2S. The number of carbonyl (C=O) groups excluding carboxylic acids is 1. The zero-order valence-corrected chi connectivity index (χ0v) is 16.9. The summed E-state index contributed by atoms with van der Waals surface area (Å²) in [4.78, 5) is 27.4. The molecule has 2 aromatic heterocycles. The summed E-state index contributed by atoms with van der Waals surface area (Å²) in [6.45, 7) is 2.74. The third-order valence-corrected chi connectivity index (χ3v) is 6.51. The number of para-hydroxylation sites is 1. The van der Waals surface area contributed by atoms with Crippen LogP contribution in [0.3, 0.4) is 0 Å². The molecule has 146 valence electrons. The maximum atomic E-state index is 13.3. The number of hydrogen-bond acceptors (Lipinski definition) is 5. The predicted octanol–water partition coefficient (Wildman–Crippen LogP) is 2.66. The van der Waals surface area contributed by atoms with Crippen LogP contribution in [0.15, 0.2) is 58.5 Å². The van der Waals surface area contributed by atoms with E-state index in [0.717, 1.165) is 29.7 Å². The number of nitrogens with zero attached hydrogens (tertiary/aromatic N) is 5. The van der Waals surface area contributed by atoms with Gasteiger partial charge >= 0.3 is 0 Å². The number of carbonyl (C=O) groups is 1. The van der Waals surface area contributed by atoms with Crippen LogP contribution in [0.2, 0.25) is 0 Å². The normalized spacial score (nSPS) is 17.0. The van der Waals surface area contributed by atoms with Crippen LogP contribution in [0.25, 0.3) is 22.4 Å². The Morgan fingerprint density at radius 3 is 2.52 bits per heavy atom. The van der Waals surface area contributed by atoms with E-state index in [0.29, 0.717) is 16.3 Å². The largest absolute Gasteiger partial charge is 0.345 e. The van der Waals surface area contributed by atoms with Gasteiger partial charge in [0, 0.05) is 13.6 Å². The molecular weight excluding hydrogens is 386 g/mol. The molecule has 29 heavy (non-hydrogen) atoms. The number of hydrogen-bond donors (Lipinski definition) is 0. The lowest BCUT2D eigenvalue weighted by atomic mass is 10.2. The molecule has 1 saturated heterocycles. The van der Waals surface area contributed by atoms with Gasteiger partial charge < -0.3 is 4.90 Å². The zero-order valence-electron chi connectivity index (χ0n) is 16.1. The van der Waals surface area contributed by atoms with E-state index in [1.165, 1.54) is 11.8 Å². The van der Waals surface area contributed by atoms with Crippen LogP contribution in [-0.2, 0) is 4.79 Å². The molecule has 1 amide bonds. The number of aryl methyl sites for hydroxylation is 1. The van der Waals surface area contributed by atoms with E-state index >= 15 is 0 Å². The molecule has 0 saturated carbocycles. The van der Waals surface area contributed by atoms with Crippen LogP contribution < -0.4 is 5.56 Å². The highest BCUT2D eigenvalue weighted by atomic mass is 32.2. The van der Waals surface area contributed by atoms with Gasteiger partial charge in [-0.3, -0.25) is 14.0 Å². The van der Waals surface area contributed by atoms with Crippen LogP contribution in [0, 0.1) is 6.92 Å². The van der Waals surface area contributed by atoms with Crippen molar-refractivity contribution >= 4 is 34.3 Å². The molecule has 1 aliphatic rings. The maximum absolute atomic E-state index is 13.3. The molecule has 0 bridgehead atoms. The van der Waals surface area contributed by atoms with Crippen molar-refractivity contribution in [3.05, 3.63) is 64.4 Å². The second-order valence-corrected chi connectivity index (χ2v) is 8.44. The van der Waals surface area contributed by atoms with Gasteiger partial charge in [-0.1, -0.05) is 41.6 Å². The van der Waals surface area contributed by atoms with E-state index in [2.05, 4.69) is 10.2 Å². The molecule has 0 spiro atoms. The van der Waals surface area contributed by atoms with Gasteiger partial charge in [0.1, 0.15) is 0 Å². The lowest BCUT2D eigenvalue weighted by molar-refractivity contribution is -0.126. The second kappa shape index (κ2) is 6.73. The molecule has 1 atom stereocenters. The standard InChI is InChI=1S/C21H19N5O2S/c1-13-7-9-14(10-8-13)25-18(27)15-5-3-4-6-16(15)26-20(25)22-23-21(26)29-17-11-12-24(2)19(17)28/h3-10,17H,11-12H2,1-2H3. The SMILES string of the molecule is Cc1ccc(-n2c(=O)c3ccccc3n3c(SC4CCN(C)C4=O)nnc23)cc1. The number of rotatable bonds is 3. The Labute approximate surface area is 171 Å². The Morgan fingerprint density at radius 2 is 1.79 bits per heavy atom. The van der Waals surface area contributed by atoms with E-state index in [4.69, 9.17) is 0 Å². The van der Waals surface area contributed by atoms with Crippen LogP contribution in [0.1, 0.15) is 12.0 Å². The van der Waals surface area contributed by atoms with Gasteiger partial charge in [-0.25, -0.2) is 4.57 Å². The second-order valence-electron chi connectivity index (χ2n) is 7.27. The van der Waals surface area contributed by atoms with E-state index < -0.39 is 0 Å². The highest BCUT2D eigenvalue weighted by Gasteiger charge is 2.32. The molecule has 1 fully saturated rings. The minimum Gasteiger partial charge on any atom is -0.345 e. The first-order chi connectivity index (χ1) is 14.0. The average molecular weight is 405 g/mol. The number of fused-ring (bicyclic) bond motifs is 3. The Kier molecular flexibility index (Phi) is 4.16. The Morgan fingerprint density at radius 1 is 1.03 bits per heavy atom. The summed E-state index contributed by atoms with van der Waals surface area (Å²) in [5, 5.41) is 9.71. The van der Waals surface area contributed by atoms with Crippen LogP contribution in [-0.4, -0.2) is 48.8 Å². The minimum absolute atomic E-state index is 0.0999. The lowest BCUT2D eigenvalue weighted by Crippen LogP contribution is -2.24. The molecule has 4 aromatic rings. The summed E-state index contributed by atoms with van der Waals surface area (Å²) in [6, 6.07) is 15.2. The van der Waals surface area contributed by atoms with Crippen LogP contribution in [0.5, 0.6) is 0 Å². The quantitative estimate of drug-likeness (QED) is 0.524. The van der Waals surface area contributed by atoms with Gasteiger partial charge in [-0.2, -0.15) is 0 Å². The fraction of sp³-hybridized carbons (Fsp3) is 0.238.